The number of aromatic nitrogens is 3. The van der Waals surface area contributed by atoms with Crippen molar-refractivity contribution in [2.75, 3.05) is 24.5 Å². The highest BCUT2D eigenvalue weighted by atomic mass is 79.9. The zero-order chi connectivity index (χ0) is 11.8. The molecule has 1 aliphatic heterocycles. The maximum absolute atomic E-state index is 4.54. The Morgan fingerprint density at radius 2 is 2.35 bits per heavy atom. The molecule has 0 aromatic carbocycles. The van der Waals surface area contributed by atoms with E-state index in [2.05, 4.69) is 43.2 Å². The second-order valence-corrected chi connectivity index (χ2v) is 5.28. The van der Waals surface area contributed by atoms with E-state index in [1.54, 1.807) is 0 Å². The largest absolute Gasteiger partial charge is 0.337 e. The number of hydrogen-bond acceptors (Lipinski definition) is 4. The van der Waals surface area contributed by atoms with E-state index >= 15 is 0 Å². The number of halogens is 1. The lowest BCUT2D eigenvalue weighted by atomic mass is 10.2. The van der Waals surface area contributed by atoms with Crippen LogP contribution in [0.5, 0.6) is 0 Å². The van der Waals surface area contributed by atoms with E-state index in [-0.39, 0.29) is 0 Å². The van der Waals surface area contributed by atoms with Crippen LogP contribution in [0.1, 0.15) is 6.92 Å². The summed E-state index contributed by atoms with van der Waals surface area (Å²) < 4.78 is 2.82. The fraction of sp³-hybridized carbons (Fsp3) is 0.455. The van der Waals surface area contributed by atoms with Crippen LogP contribution in [0, 0.1) is 0 Å². The quantitative estimate of drug-likeness (QED) is 0.861. The standard InChI is InChI=1S/C11H14BrN5/c1-8-6-16(5-4-13-8)11-14-10-3-2-9(12)7-17(10)15-11/h2-3,7-8,13H,4-6H2,1H3. The molecule has 1 saturated heterocycles. The Bertz CT molecular complexity index is 538. The van der Waals surface area contributed by atoms with Crippen molar-refractivity contribution in [2.24, 2.45) is 0 Å². The van der Waals surface area contributed by atoms with Gasteiger partial charge in [-0.1, -0.05) is 0 Å². The molecule has 0 bridgehead atoms. The van der Waals surface area contributed by atoms with E-state index in [9.17, 15) is 0 Å². The van der Waals surface area contributed by atoms with Crippen molar-refractivity contribution < 1.29 is 0 Å². The first-order valence-electron chi connectivity index (χ1n) is 5.72. The molecule has 0 aliphatic carbocycles. The van der Waals surface area contributed by atoms with Gasteiger partial charge in [-0.05, 0) is 35.0 Å². The van der Waals surface area contributed by atoms with Crippen molar-refractivity contribution in [3.05, 3.63) is 22.8 Å². The molecule has 17 heavy (non-hydrogen) atoms. The normalized spacial score (nSPS) is 21.1. The molecule has 0 radical (unpaired) electrons. The van der Waals surface area contributed by atoms with Crippen LogP contribution in [0.2, 0.25) is 0 Å². The Kier molecular flexibility index (Phi) is 2.76. The molecule has 1 N–H and O–H groups in total. The lowest BCUT2D eigenvalue weighted by Crippen LogP contribution is -2.49. The third-order valence-electron chi connectivity index (χ3n) is 2.94. The predicted octanol–water partition coefficient (Wildman–Crippen LogP) is 1.29. The maximum atomic E-state index is 4.54. The summed E-state index contributed by atoms with van der Waals surface area (Å²) in [5.41, 5.74) is 0.884. The fourth-order valence-corrected chi connectivity index (χ4v) is 2.42. The lowest BCUT2D eigenvalue weighted by molar-refractivity contribution is 0.479. The molecule has 1 aliphatic rings. The van der Waals surface area contributed by atoms with E-state index < -0.39 is 0 Å². The first kappa shape index (κ1) is 11.0. The monoisotopic (exact) mass is 295 g/mol. The van der Waals surface area contributed by atoms with Crippen LogP contribution < -0.4 is 10.2 Å². The lowest BCUT2D eigenvalue weighted by Gasteiger charge is -2.30. The third kappa shape index (κ3) is 2.14. The minimum atomic E-state index is 0.488. The number of anilines is 1. The smallest absolute Gasteiger partial charge is 0.245 e. The average molecular weight is 296 g/mol. The van der Waals surface area contributed by atoms with Gasteiger partial charge in [0.25, 0.3) is 0 Å². The Morgan fingerprint density at radius 3 is 3.18 bits per heavy atom. The highest BCUT2D eigenvalue weighted by Gasteiger charge is 2.19. The van der Waals surface area contributed by atoms with Gasteiger partial charge in [-0.25, -0.2) is 4.52 Å². The molecule has 2 aromatic rings. The Morgan fingerprint density at radius 1 is 1.47 bits per heavy atom. The van der Waals surface area contributed by atoms with Crippen LogP contribution >= 0.6 is 15.9 Å². The van der Waals surface area contributed by atoms with Gasteiger partial charge in [-0.15, -0.1) is 5.10 Å². The highest BCUT2D eigenvalue weighted by Crippen LogP contribution is 2.15. The van der Waals surface area contributed by atoms with Gasteiger partial charge in [0.2, 0.25) is 5.95 Å². The summed E-state index contributed by atoms with van der Waals surface area (Å²) in [7, 11) is 0. The molecule has 0 saturated carbocycles. The molecule has 1 atom stereocenters. The van der Waals surface area contributed by atoms with Crippen LogP contribution in [0.3, 0.4) is 0 Å². The maximum Gasteiger partial charge on any atom is 0.245 e. The zero-order valence-electron chi connectivity index (χ0n) is 9.60. The van der Waals surface area contributed by atoms with E-state index in [1.807, 2.05) is 22.8 Å². The molecule has 1 fully saturated rings. The summed E-state index contributed by atoms with van der Waals surface area (Å²) in [6, 6.07) is 4.43. The Hall–Kier alpha value is -1.14. The van der Waals surface area contributed by atoms with Crippen molar-refractivity contribution in [3.63, 3.8) is 0 Å². The summed E-state index contributed by atoms with van der Waals surface area (Å²) in [5.74, 6) is 0.816. The Balaban J connectivity index is 1.94. The number of nitrogens with one attached hydrogen (secondary N) is 1. The summed E-state index contributed by atoms with van der Waals surface area (Å²) >= 11 is 3.44. The SMILES string of the molecule is CC1CN(c2nc3ccc(Br)cn3n2)CCN1. The molecule has 0 spiro atoms. The van der Waals surface area contributed by atoms with Gasteiger partial charge >= 0.3 is 0 Å². The van der Waals surface area contributed by atoms with Gasteiger partial charge in [0.15, 0.2) is 5.65 Å². The first-order chi connectivity index (χ1) is 8.22. The van der Waals surface area contributed by atoms with Crippen molar-refractivity contribution in [1.29, 1.82) is 0 Å². The molecule has 90 valence electrons. The van der Waals surface area contributed by atoms with Crippen molar-refractivity contribution in [1.82, 2.24) is 19.9 Å². The highest BCUT2D eigenvalue weighted by molar-refractivity contribution is 9.10. The number of nitrogens with zero attached hydrogens (tertiary/aromatic N) is 4. The number of fused-ring (bicyclic) bond motifs is 1. The van der Waals surface area contributed by atoms with Gasteiger partial charge in [0.05, 0.1) is 0 Å². The van der Waals surface area contributed by atoms with E-state index in [1.165, 1.54) is 0 Å². The van der Waals surface area contributed by atoms with E-state index in [0.717, 1.165) is 35.7 Å². The Labute approximate surface area is 108 Å². The molecule has 0 amide bonds. The second-order valence-electron chi connectivity index (χ2n) is 4.36. The van der Waals surface area contributed by atoms with Gasteiger partial charge in [0, 0.05) is 36.3 Å². The number of piperazine rings is 1. The van der Waals surface area contributed by atoms with Crippen LogP contribution in [0.15, 0.2) is 22.8 Å². The van der Waals surface area contributed by atoms with Crippen LogP contribution in [-0.2, 0) is 0 Å². The average Bonchev–Trinajstić information content (AvgIpc) is 2.72. The fourth-order valence-electron chi connectivity index (χ4n) is 2.09. The molecule has 3 rings (SSSR count). The molecule has 1 unspecified atom stereocenters. The molecule has 2 aromatic heterocycles. The molecule has 6 heteroatoms. The van der Waals surface area contributed by atoms with E-state index in [0.29, 0.717) is 6.04 Å². The van der Waals surface area contributed by atoms with Crippen LogP contribution in [0.25, 0.3) is 5.65 Å². The first-order valence-corrected chi connectivity index (χ1v) is 6.52. The van der Waals surface area contributed by atoms with Crippen LogP contribution in [-0.4, -0.2) is 40.3 Å². The molecular formula is C11H14BrN5. The summed E-state index contributed by atoms with van der Waals surface area (Å²) in [6.07, 6.45) is 1.93. The topological polar surface area (TPSA) is 45.5 Å². The van der Waals surface area contributed by atoms with Crippen LogP contribution in [0.4, 0.5) is 5.95 Å². The third-order valence-corrected chi connectivity index (χ3v) is 3.40. The minimum Gasteiger partial charge on any atom is -0.337 e. The van der Waals surface area contributed by atoms with Crippen molar-refractivity contribution in [2.45, 2.75) is 13.0 Å². The van der Waals surface area contributed by atoms with Gasteiger partial charge in [-0.2, -0.15) is 4.98 Å². The van der Waals surface area contributed by atoms with Gasteiger partial charge in [-0.3, -0.25) is 0 Å². The summed E-state index contributed by atoms with van der Waals surface area (Å²) in [5, 5.41) is 7.92. The molecular weight excluding hydrogens is 282 g/mol. The van der Waals surface area contributed by atoms with Gasteiger partial charge in [0.1, 0.15) is 0 Å². The molecule has 3 heterocycles. The van der Waals surface area contributed by atoms with Crippen molar-refractivity contribution in [3.8, 4) is 0 Å². The second kappa shape index (κ2) is 4.27. The number of rotatable bonds is 1. The zero-order valence-corrected chi connectivity index (χ0v) is 11.2. The van der Waals surface area contributed by atoms with Gasteiger partial charge < -0.3 is 10.2 Å². The molecule has 5 nitrogen and oxygen atoms in total. The van der Waals surface area contributed by atoms with E-state index in [4.69, 9.17) is 0 Å². The number of pyridine rings is 1. The number of hydrogen-bond donors (Lipinski definition) is 1. The van der Waals surface area contributed by atoms with Crippen molar-refractivity contribution >= 4 is 27.5 Å². The summed E-state index contributed by atoms with van der Waals surface area (Å²) in [4.78, 5) is 6.77. The summed E-state index contributed by atoms with van der Waals surface area (Å²) in [6.45, 7) is 5.08. The predicted molar refractivity (Wildman–Crippen MR) is 70.4 cm³/mol. The minimum absolute atomic E-state index is 0.488.